The molecular formula is C27H50N4O9. The number of unbranched alkanes of at least 4 members (excludes halogenated alkanes) is 1. The van der Waals surface area contributed by atoms with Crippen LogP contribution in [0.3, 0.4) is 0 Å². The summed E-state index contributed by atoms with van der Waals surface area (Å²) in [6, 6.07) is -1.79. The number of amidine groups is 1. The Morgan fingerprint density at radius 2 is 1.73 bits per heavy atom. The zero-order chi connectivity index (χ0) is 29.2. The molecule has 2 saturated carbocycles. The number of nitrogens with two attached hydrogens (primary N) is 2. The standard InChI is InChI=1S/C27H50N4O9/c1-14-19(33)24(37-13-26(14,2)35)40-22-18(31-25(30)27(36)9-5-10-27)12-17(29)21(20(22)34)39-23-16(28)8-7-15(38-23)6-3-4-11-32/h14-24,32-36H,3-13,28-29H2,1-2H3,(H2,30,31)/t14-,15-,16?,17+,18-,19?,20?,21?,22?,23-,24-,26?/m1/s1. The molecule has 0 spiro atoms. The summed E-state index contributed by atoms with van der Waals surface area (Å²) in [5, 5.41) is 64.3. The van der Waals surface area contributed by atoms with E-state index in [0.29, 0.717) is 25.7 Å². The van der Waals surface area contributed by atoms with Gasteiger partial charge in [-0.1, -0.05) is 6.92 Å². The first-order valence-corrected chi connectivity index (χ1v) is 14.7. The van der Waals surface area contributed by atoms with E-state index in [-0.39, 0.29) is 31.6 Å². The number of ether oxygens (including phenoxy) is 4. The maximum absolute atomic E-state index is 11.6. The minimum absolute atomic E-state index is 0.0686. The van der Waals surface area contributed by atoms with Crippen molar-refractivity contribution >= 4 is 5.84 Å². The van der Waals surface area contributed by atoms with Crippen LogP contribution in [0.1, 0.15) is 71.6 Å². The molecule has 13 nitrogen and oxygen atoms in total. The summed E-state index contributed by atoms with van der Waals surface area (Å²) in [6.07, 6.45) is -0.850. The van der Waals surface area contributed by atoms with E-state index in [0.717, 1.165) is 25.7 Å². The average Bonchev–Trinajstić information content (AvgIpc) is 2.89. The van der Waals surface area contributed by atoms with Crippen LogP contribution in [0, 0.1) is 11.3 Å². The predicted molar refractivity (Wildman–Crippen MR) is 144 cm³/mol. The van der Waals surface area contributed by atoms with Crippen molar-refractivity contribution in [1.82, 2.24) is 5.32 Å². The van der Waals surface area contributed by atoms with E-state index < -0.39 is 72.2 Å². The molecule has 40 heavy (non-hydrogen) atoms. The molecule has 2 heterocycles. The number of nitrogens with one attached hydrogen (secondary N) is 2. The highest BCUT2D eigenvalue weighted by molar-refractivity contribution is 5.88. The van der Waals surface area contributed by atoms with E-state index >= 15 is 0 Å². The maximum atomic E-state index is 11.6. The van der Waals surface area contributed by atoms with Crippen LogP contribution < -0.4 is 16.8 Å². The van der Waals surface area contributed by atoms with Crippen LogP contribution in [0.5, 0.6) is 0 Å². The summed E-state index contributed by atoms with van der Waals surface area (Å²) in [4.78, 5) is 0. The molecule has 232 valence electrons. The normalized spacial score (nSPS) is 45.5. The van der Waals surface area contributed by atoms with E-state index in [9.17, 15) is 20.4 Å². The van der Waals surface area contributed by atoms with Gasteiger partial charge in [-0.2, -0.15) is 0 Å². The van der Waals surface area contributed by atoms with Crippen molar-refractivity contribution in [2.24, 2.45) is 17.4 Å². The van der Waals surface area contributed by atoms with Gasteiger partial charge in [0.05, 0.1) is 30.4 Å². The van der Waals surface area contributed by atoms with Gasteiger partial charge in [0, 0.05) is 18.6 Å². The number of hydrogen-bond acceptors (Lipinski definition) is 12. The summed E-state index contributed by atoms with van der Waals surface area (Å²) in [7, 11) is 0. The van der Waals surface area contributed by atoms with Gasteiger partial charge >= 0.3 is 0 Å². The van der Waals surface area contributed by atoms with Crippen LogP contribution >= 0.6 is 0 Å². The number of hydrogen-bond donors (Lipinski definition) is 9. The molecule has 6 unspecified atom stereocenters. The van der Waals surface area contributed by atoms with Gasteiger partial charge < -0.3 is 61.3 Å². The Hall–Kier alpha value is -0.970. The molecule has 12 atom stereocenters. The zero-order valence-electron chi connectivity index (χ0n) is 23.7. The molecular weight excluding hydrogens is 524 g/mol. The van der Waals surface area contributed by atoms with Crippen LogP contribution in [0.15, 0.2) is 0 Å². The lowest BCUT2D eigenvalue weighted by atomic mass is 9.78. The van der Waals surface area contributed by atoms with Crippen LogP contribution in [0.4, 0.5) is 0 Å². The van der Waals surface area contributed by atoms with Gasteiger partial charge in [0.2, 0.25) is 0 Å². The molecule has 0 aromatic rings. The maximum Gasteiger partial charge on any atom is 0.184 e. The minimum Gasteiger partial charge on any atom is -0.396 e. The Balaban J connectivity index is 1.49. The van der Waals surface area contributed by atoms with E-state index in [1.165, 1.54) is 0 Å². The van der Waals surface area contributed by atoms with E-state index in [1.807, 2.05) is 0 Å². The number of aliphatic hydroxyl groups is 5. The second-order valence-corrected chi connectivity index (χ2v) is 12.5. The van der Waals surface area contributed by atoms with Crippen LogP contribution in [-0.4, -0.2) is 117 Å². The van der Waals surface area contributed by atoms with Crippen molar-refractivity contribution in [2.75, 3.05) is 13.2 Å². The fourth-order valence-electron chi connectivity index (χ4n) is 6.04. The largest absolute Gasteiger partial charge is 0.396 e. The molecule has 2 aliphatic heterocycles. The van der Waals surface area contributed by atoms with Gasteiger partial charge in [-0.3, -0.25) is 5.41 Å². The lowest BCUT2D eigenvalue weighted by Crippen LogP contribution is -2.68. The molecule has 0 bridgehead atoms. The highest BCUT2D eigenvalue weighted by atomic mass is 16.7. The average molecular weight is 575 g/mol. The Morgan fingerprint density at radius 1 is 1.02 bits per heavy atom. The molecule has 4 fully saturated rings. The Labute approximate surface area is 236 Å². The predicted octanol–water partition coefficient (Wildman–Crippen LogP) is -1.20. The molecule has 0 aromatic heterocycles. The molecule has 13 heteroatoms. The highest BCUT2D eigenvalue weighted by Crippen LogP contribution is 2.36. The molecule has 4 rings (SSSR count). The van der Waals surface area contributed by atoms with Crippen molar-refractivity contribution in [2.45, 2.75) is 144 Å². The lowest BCUT2D eigenvalue weighted by molar-refractivity contribution is -0.314. The SMILES string of the molecule is C[C@@H]1C(O)[C@@H](OC2C(O)C(O[C@H]3O[C@H](CCCCO)CCC3N)[C@@H](N)C[C@H]2NC(=N)C2(O)CCC2)OCC1(C)O. The third-order valence-electron chi connectivity index (χ3n) is 9.32. The smallest absolute Gasteiger partial charge is 0.184 e. The second-order valence-electron chi connectivity index (χ2n) is 12.5. The van der Waals surface area contributed by atoms with Crippen LogP contribution in [-0.2, 0) is 18.9 Å². The minimum atomic E-state index is -1.32. The van der Waals surface area contributed by atoms with Gasteiger partial charge in [-0.05, 0) is 64.7 Å². The zero-order valence-corrected chi connectivity index (χ0v) is 23.7. The third kappa shape index (κ3) is 6.97. The molecule has 4 aliphatic rings. The quantitative estimate of drug-likeness (QED) is 0.0852. The summed E-state index contributed by atoms with van der Waals surface area (Å²) in [5.74, 6) is -0.640. The number of rotatable bonds is 10. The molecule has 0 amide bonds. The van der Waals surface area contributed by atoms with E-state index in [1.54, 1.807) is 13.8 Å². The van der Waals surface area contributed by atoms with E-state index in [4.69, 9.17) is 40.9 Å². The highest BCUT2D eigenvalue weighted by Gasteiger charge is 2.52. The first-order valence-electron chi connectivity index (χ1n) is 14.7. The summed E-state index contributed by atoms with van der Waals surface area (Å²) in [5.41, 5.74) is 10.3. The van der Waals surface area contributed by atoms with Gasteiger partial charge in [-0.25, -0.2) is 0 Å². The van der Waals surface area contributed by atoms with Crippen molar-refractivity contribution in [3.05, 3.63) is 0 Å². The molecule has 0 aromatic carbocycles. The Bertz CT molecular complexity index is 847. The topological polar surface area (TPSA) is 226 Å². The van der Waals surface area contributed by atoms with Gasteiger partial charge in [0.1, 0.15) is 35.9 Å². The summed E-state index contributed by atoms with van der Waals surface area (Å²) in [6.45, 7) is 3.31. The van der Waals surface area contributed by atoms with Crippen molar-refractivity contribution in [1.29, 1.82) is 5.41 Å². The first-order chi connectivity index (χ1) is 18.9. The molecule has 11 N–H and O–H groups in total. The van der Waals surface area contributed by atoms with Crippen molar-refractivity contribution in [3.63, 3.8) is 0 Å². The summed E-state index contributed by atoms with van der Waals surface area (Å²) >= 11 is 0. The third-order valence-corrected chi connectivity index (χ3v) is 9.32. The monoisotopic (exact) mass is 574 g/mol. The molecule has 2 saturated heterocycles. The van der Waals surface area contributed by atoms with E-state index in [2.05, 4.69) is 5.32 Å². The van der Waals surface area contributed by atoms with Crippen LogP contribution in [0.25, 0.3) is 0 Å². The molecule has 2 aliphatic carbocycles. The number of aliphatic hydroxyl groups excluding tert-OH is 3. The first kappa shape index (κ1) is 32.0. The Morgan fingerprint density at radius 3 is 2.38 bits per heavy atom. The fraction of sp³-hybridized carbons (Fsp3) is 0.963. The van der Waals surface area contributed by atoms with Gasteiger partial charge in [0.25, 0.3) is 0 Å². The van der Waals surface area contributed by atoms with Crippen LogP contribution in [0.2, 0.25) is 0 Å². The Kier molecular flexibility index (Phi) is 10.5. The second kappa shape index (κ2) is 13.1. The van der Waals surface area contributed by atoms with Crippen molar-refractivity contribution < 1.29 is 44.5 Å². The lowest BCUT2D eigenvalue weighted by Gasteiger charge is -2.49. The van der Waals surface area contributed by atoms with Gasteiger partial charge in [-0.15, -0.1) is 0 Å². The van der Waals surface area contributed by atoms with Gasteiger partial charge in [0.15, 0.2) is 12.6 Å². The fourth-order valence-corrected chi connectivity index (χ4v) is 6.04. The molecule has 0 radical (unpaired) electrons. The summed E-state index contributed by atoms with van der Waals surface area (Å²) < 4.78 is 24.2. The van der Waals surface area contributed by atoms with Crippen molar-refractivity contribution in [3.8, 4) is 0 Å².